The number of aliphatic hydroxyl groups excluding tert-OH is 1. The second-order valence-electron chi connectivity index (χ2n) is 4.27. The zero-order valence-electron chi connectivity index (χ0n) is 8.00. The van der Waals surface area contributed by atoms with Crippen LogP contribution in [0.1, 0.15) is 25.7 Å². The molecule has 1 unspecified atom stereocenters. The lowest BCUT2D eigenvalue weighted by Gasteiger charge is -2.42. The van der Waals surface area contributed by atoms with Crippen molar-refractivity contribution in [2.24, 2.45) is 5.41 Å². The van der Waals surface area contributed by atoms with E-state index in [0.717, 1.165) is 39.1 Å². The van der Waals surface area contributed by atoms with E-state index in [-0.39, 0.29) is 12.7 Å². The van der Waals surface area contributed by atoms with Crippen LogP contribution in [0.3, 0.4) is 0 Å². The van der Waals surface area contributed by atoms with Gasteiger partial charge in [-0.05, 0) is 31.1 Å². The predicted molar refractivity (Wildman–Crippen MR) is 48.5 cm³/mol. The molecule has 2 fully saturated rings. The van der Waals surface area contributed by atoms with Crippen molar-refractivity contribution >= 4 is 0 Å². The van der Waals surface area contributed by atoms with Crippen LogP contribution in [0.2, 0.25) is 0 Å². The molecule has 3 nitrogen and oxygen atoms in total. The Labute approximate surface area is 79.0 Å². The third-order valence-electron chi connectivity index (χ3n) is 3.38. The van der Waals surface area contributed by atoms with Gasteiger partial charge in [0, 0.05) is 13.2 Å². The summed E-state index contributed by atoms with van der Waals surface area (Å²) in [5.74, 6) is 0. The molecular formula is C10H18O3. The predicted octanol–water partition coefficient (Wildman–Crippen LogP) is 0.954. The summed E-state index contributed by atoms with van der Waals surface area (Å²) in [5, 5.41) is 8.93. The van der Waals surface area contributed by atoms with Crippen LogP contribution >= 0.6 is 0 Å². The molecule has 0 saturated carbocycles. The topological polar surface area (TPSA) is 38.7 Å². The van der Waals surface area contributed by atoms with E-state index < -0.39 is 0 Å². The first-order valence-electron chi connectivity index (χ1n) is 5.15. The Kier molecular flexibility index (Phi) is 2.86. The summed E-state index contributed by atoms with van der Waals surface area (Å²) in [5.41, 5.74) is 0.379. The summed E-state index contributed by atoms with van der Waals surface area (Å²) in [4.78, 5) is 0. The Morgan fingerprint density at radius 2 is 2.00 bits per heavy atom. The average molecular weight is 186 g/mol. The minimum absolute atomic E-state index is 0.0912. The summed E-state index contributed by atoms with van der Waals surface area (Å²) < 4.78 is 11.0. The van der Waals surface area contributed by atoms with Gasteiger partial charge in [-0.3, -0.25) is 0 Å². The third-order valence-corrected chi connectivity index (χ3v) is 3.38. The van der Waals surface area contributed by atoms with Gasteiger partial charge < -0.3 is 14.6 Å². The molecule has 0 aromatic carbocycles. The molecule has 13 heavy (non-hydrogen) atoms. The van der Waals surface area contributed by atoms with E-state index in [0.29, 0.717) is 5.41 Å². The fourth-order valence-electron chi connectivity index (χ4n) is 2.26. The molecule has 0 aromatic heterocycles. The Bertz CT molecular complexity index is 154. The monoisotopic (exact) mass is 186 g/mol. The molecule has 0 aromatic rings. The normalized spacial score (nSPS) is 33.5. The third kappa shape index (κ3) is 2.03. The van der Waals surface area contributed by atoms with Crippen LogP contribution in [0.25, 0.3) is 0 Å². The summed E-state index contributed by atoms with van der Waals surface area (Å²) in [7, 11) is 0. The molecule has 2 rings (SSSR count). The average Bonchev–Trinajstić information content (AvgIpc) is 2.20. The van der Waals surface area contributed by atoms with E-state index in [1.165, 1.54) is 6.42 Å². The van der Waals surface area contributed by atoms with Gasteiger partial charge in [0.2, 0.25) is 0 Å². The van der Waals surface area contributed by atoms with Crippen molar-refractivity contribution in [2.45, 2.75) is 31.8 Å². The number of aliphatic hydroxyl groups is 1. The number of hydrogen-bond acceptors (Lipinski definition) is 3. The van der Waals surface area contributed by atoms with Crippen LogP contribution in [0.15, 0.2) is 0 Å². The molecule has 3 heteroatoms. The fourth-order valence-corrected chi connectivity index (χ4v) is 2.26. The zero-order chi connectivity index (χ0) is 9.15. The molecule has 2 saturated heterocycles. The molecule has 76 valence electrons. The van der Waals surface area contributed by atoms with Gasteiger partial charge in [0.15, 0.2) is 0 Å². The maximum atomic E-state index is 8.93. The van der Waals surface area contributed by atoms with Gasteiger partial charge in [0.25, 0.3) is 0 Å². The standard InChI is InChI=1S/C10H18O3/c11-7-9-1-2-10(8-13-9)3-5-12-6-4-10/h9,11H,1-8H2. The summed E-state index contributed by atoms with van der Waals surface area (Å²) in [6.07, 6.45) is 4.56. The van der Waals surface area contributed by atoms with Crippen molar-refractivity contribution in [3.05, 3.63) is 0 Å². The summed E-state index contributed by atoms with van der Waals surface area (Å²) >= 11 is 0. The summed E-state index contributed by atoms with van der Waals surface area (Å²) in [6.45, 7) is 2.76. The highest BCUT2D eigenvalue weighted by atomic mass is 16.5. The highest BCUT2D eigenvalue weighted by Gasteiger charge is 2.37. The lowest BCUT2D eigenvalue weighted by Crippen LogP contribution is -2.41. The molecule has 2 heterocycles. The van der Waals surface area contributed by atoms with Crippen LogP contribution in [-0.4, -0.2) is 37.6 Å². The van der Waals surface area contributed by atoms with E-state index >= 15 is 0 Å². The molecule has 2 aliphatic heterocycles. The number of rotatable bonds is 1. The Hall–Kier alpha value is -0.120. The Morgan fingerprint density at radius 1 is 1.23 bits per heavy atom. The van der Waals surface area contributed by atoms with E-state index in [1.807, 2.05) is 0 Å². The smallest absolute Gasteiger partial charge is 0.0806 e. The molecular weight excluding hydrogens is 168 g/mol. The first kappa shape index (κ1) is 9.44. The van der Waals surface area contributed by atoms with E-state index in [2.05, 4.69) is 0 Å². The van der Waals surface area contributed by atoms with Gasteiger partial charge >= 0.3 is 0 Å². The van der Waals surface area contributed by atoms with Gasteiger partial charge in [0.1, 0.15) is 0 Å². The van der Waals surface area contributed by atoms with Crippen LogP contribution in [-0.2, 0) is 9.47 Å². The van der Waals surface area contributed by atoms with Crippen molar-refractivity contribution in [1.82, 2.24) is 0 Å². The van der Waals surface area contributed by atoms with Gasteiger partial charge in [-0.25, -0.2) is 0 Å². The van der Waals surface area contributed by atoms with Crippen LogP contribution in [0.5, 0.6) is 0 Å². The van der Waals surface area contributed by atoms with Crippen molar-refractivity contribution < 1.29 is 14.6 Å². The molecule has 1 spiro atoms. The van der Waals surface area contributed by atoms with Crippen molar-refractivity contribution in [3.63, 3.8) is 0 Å². The van der Waals surface area contributed by atoms with Crippen LogP contribution in [0, 0.1) is 5.41 Å². The minimum atomic E-state index is 0.0912. The second-order valence-corrected chi connectivity index (χ2v) is 4.27. The zero-order valence-corrected chi connectivity index (χ0v) is 8.00. The van der Waals surface area contributed by atoms with Gasteiger partial charge in [0.05, 0.1) is 19.3 Å². The Balaban J connectivity index is 1.87. The van der Waals surface area contributed by atoms with E-state index in [4.69, 9.17) is 14.6 Å². The molecule has 0 radical (unpaired) electrons. The molecule has 0 aliphatic carbocycles. The van der Waals surface area contributed by atoms with Crippen molar-refractivity contribution in [2.75, 3.05) is 26.4 Å². The van der Waals surface area contributed by atoms with Crippen molar-refractivity contribution in [3.8, 4) is 0 Å². The summed E-state index contributed by atoms with van der Waals surface area (Å²) in [6, 6.07) is 0. The van der Waals surface area contributed by atoms with Gasteiger partial charge in [-0.15, -0.1) is 0 Å². The van der Waals surface area contributed by atoms with Gasteiger partial charge in [-0.1, -0.05) is 0 Å². The molecule has 0 amide bonds. The maximum absolute atomic E-state index is 8.93. The van der Waals surface area contributed by atoms with Crippen molar-refractivity contribution in [1.29, 1.82) is 0 Å². The molecule has 1 N–H and O–H groups in total. The highest BCUT2D eigenvalue weighted by molar-refractivity contribution is 4.86. The Morgan fingerprint density at radius 3 is 2.54 bits per heavy atom. The second kappa shape index (κ2) is 3.95. The minimum Gasteiger partial charge on any atom is -0.394 e. The first-order valence-corrected chi connectivity index (χ1v) is 5.15. The first-order chi connectivity index (χ1) is 6.35. The van der Waals surface area contributed by atoms with Gasteiger partial charge in [-0.2, -0.15) is 0 Å². The number of hydrogen-bond donors (Lipinski definition) is 1. The van der Waals surface area contributed by atoms with Crippen LogP contribution < -0.4 is 0 Å². The van der Waals surface area contributed by atoms with E-state index in [1.54, 1.807) is 0 Å². The lowest BCUT2D eigenvalue weighted by atomic mass is 9.75. The SMILES string of the molecule is OCC1CCC2(CCOCC2)CO1. The largest absolute Gasteiger partial charge is 0.394 e. The van der Waals surface area contributed by atoms with Crippen LogP contribution in [0.4, 0.5) is 0 Å². The quantitative estimate of drug-likeness (QED) is 0.662. The van der Waals surface area contributed by atoms with E-state index in [9.17, 15) is 0 Å². The molecule has 2 aliphatic rings. The lowest BCUT2D eigenvalue weighted by molar-refractivity contribution is -0.116. The fraction of sp³-hybridized carbons (Fsp3) is 1.00. The molecule has 1 atom stereocenters. The molecule has 0 bridgehead atoms. The number of ether oxygens (including phenoxy) is 2. The maximum Gasteiger partial charge on any atom is 0.0806 e. The highest BCUT2D eigenvalue weighted by Crippen LogP contribution is 2.39.